The van der Waals surface area contributed by atoms with Gasteiger partial charge in [0.05, 0.1) is 11.6 Å². The molecule has 2 N–H and O–H groups in total. The molecule has 0 aliphatic carbocycles. The SMILES string of the molecule is CCCN(Cc1ccc(C#N)cc1)C(=O)C(C)CCN. The van der Waals surface area contributed by atoms with Crippen LogP contribution in [0.5, 0.6) is 0 Å². The van der Waals surface area contributed by atoms with Crippen molar-refractivity contribution < 1.29 is 4.79 Å². The Morgan fingerprint density at radius 1 is 1.40 bits per heavy atom. The van der Waals surface area contributed by atoms with Crippen molar-refractivity contribution >= 4 is 5.91 Å². The zero-order chi connectivity index (χ0) is 15.0. The van der Waals surface area contributed by atoms with Crippen molar-refractivity contribution in [2.45, 2.75) is 33.2 Å². The number of carbonyl (C=O) groups is 1. The molecule has 108 valence electrons. The zero-order valence-electron chi connectivity index (χ0n) is 12.3. The van der Waals surface area contributed by atoms with Crippen molar-refractivity contribution in [3.63, 3.8) is 0 Å². The summed E-state index contributed by atoms with van der Waals surface area (Å²) < 4.78 is 0. The van der Waals surface area contributed by atoms with E-state index < -0.39 is 0 Å². The molecule has 1 atom stereocenters. The van der Waals surface area contributed by atoms with Gasteiger partial charge in [0.2, 0.25) is 5.91 Å². The number of carbonyl (C=O) groups excluding carboxylic acids is 1. The minimum absolute atomic E-state index is 0.0371. The summed E-state index contributed by atoms with van der Waals surface area (Å²) in [5, 5.41) is 8.79. The second kappa shape index (κ2) is 8.34. The average Bonchev–Trinajstić information content (AvgIpc) is 2.47. The van der Waals surface area contributed by atoms with Gasteiger partial charge < -0.3 is 10.6 Å². The summed E-state index contributed by atoms with van der Waals surface area (Å²) in [6, 6.07) is 9.48. The lowest BCUT2D eigenvalue weighted by molar-refractivity contribution is -0.135. The van der Waals surface area contributed by atoms with E-state index in [1.165, 1.54) is 0 Å². The summed E-state index contributed by atoms with van der Waals surface area (Å²) in [6.45, 7) is 5.86. The van der Waals surface area contributed by atoms with E-state index in [0.717, 1.165) is 18.5 Å². The van der Waals surface area contributed by atoms with Crippen molar-refractivity contribution in [2.75, 3.05) is 13.1 Å². The van der Waals surface area contributed by atoms with Gasteiger partial charge in [-0.15, -0.1) is 0 Å². The second-order valence-electron chi connectivity index (χ2n) is 5.05. The van der Waals surface area contributed by atoms with Gasteiger partial charge in [-0.3, -0.25) is 4.79 Å². The van der Waals surface area contributed by atoms with Crippen molar-refractivity contribution in [3.8, 4) is 6.07 Å². The highest BCUT2D eigenvalue weighted by Gasteiger charge is 2.19. The smallest absolute Gasteiger partial charge is 0.225 e. The fourth-order valence-electron chi connectivity index (χ4n) is 2.13. The van der Waals surface area contributed by atoms with E-state index >= 15 is 0 Å². The molecule has 20 heavy (non-hydrogen) atoms. The van der Waals surface area contributed by atoms with Crippen LogP contribution in [0.2, 0.25) is 0 Å². The quantitative estimate of drug-likeness (QED) is 0.828. The van der Waals surface area contributed by atoms with Crippen LogP contribution in [-0.4, -0.2) is 23.9 Å². The maximum Gasteiger partial charge on any atom is 0.225 e. The van der Waals surface area contributed by atoms with Gasteiger partial charge in [0, 0.05) is 19.0 Å². The summed E-state index contributed by atoms with van der Waals surface area (Å²) in [6.07, 6.45) is 1.64. The van der Waals surface area contributed by atoms with Gasteiger partial charge in [-0.05, 0) is 37.1 Å². The van der Waals surface area contributed by atoms with Crippen LogP contribution in [0.3, 0.4) is 0 Å². The van der Waals surface area contributed by atoms with Gasteiger partial charge in [0.15, 0.2) is 0 Å². The van der Waals surface area contributed by atoms with E-state index in [9.17, 15) is 4.79 Å². The predicted molar refractivity (Wildman–Crippen MR) is 79.7 cm³/mol. The van der Waals surface area contributed by atoms with Gasteiger partial charge in [-0.25, -0.2) is 0 Å². The summed E-state index contributed by atoms with van der Waals surface area (Å²) in [5.41, 5.74) is 7.21. The number of hydrogen-bond acceptors (Lipinski definition) is 3. The third kappa shape index (κ3) is 4.67. The minimum Gasteiger partial charge on any atom is -0.338 e. The molecular formula is C16H23N3O. The molecule has 0 saturated carbocycles. The van der Waals surface area contributed by atoms with Crippen LogP contribution in [0.4, 0.5) is 0 Å². The van der Waals surface area contributed by atoms with Crippen LogP contribution < -0.4 is 5.73 Å². The van der Waals surface area contributed by atoms with Crippen LogP contribution in [0.1, 0.15) is 37.8 Å². The maximum absolute atomic E-state index is 12.4. The molecule has 0 heterocycles. The standard InChI is InChI=1S/C16H23N3O/c1-3-10-19(16(20)13(2)8-9-17)12-15-6-4-14(11-18)5-7-15/h4-7,13H,3,8-10,12,17H2,1-2H3. The first kappa shape index (κ1) is 16.2. The Labute approximate surface area is 121 Å². The lowest BCUT2D eigenvalue weighted by Gasteiger charge is -2.25. The van der Waals surface area contributed by atoms with E-state index in [0.29, 0.717) is 25.1 Å². The normalized spacial score (nSPS) is 11.7. The number of amides is 1. The van der Waals surface area contributed by atoms with E-state index in [1.54, 1.807) is 12.1 Å². The highest BCUT2D eigenvalue weighted by molar-refractivity contribution is 5.78. The summed E-state index contributed by atoms with van der Waals surface area (Å²) >= 11 is 0. The molecule has 0 aromatic heterocycles. The molecule has 4 nitrogen and oxygen atoms in total. The highest BCUT2D eigenvalue weighted by atomic mass is 16.2. The van der Waals surface area contributed by atoms with E-state index in [-0.39, 0.29) is 11.8 Å². The maximum atomic E-state index is 12.4. The Balaban J connectivity index is 2.75. The second-order valence-corrected chi connectivity index (χ2v) is 5.05. The van der Waals surface area contributed by atoms with Gasteiger partial charge >= 0.3 is 0 Å². The number of rotatable bonds is 7. The monoisotopic (exact) mass is 273 g/mol. The number of nitrogens with zero attached hydrogens (tertiary/aromatic N) is 2. The molecule has 0 spiro atoms. The van der Waals surface area contributed by atoms with Crippen molar-refractivity contribution in [1.82, 2.24) is 4.90 Å². The third-order valence-electron chi connectivity index (χ3n) is 3.28. The highest BCUT2D eigenvalue weighted by Crippen LogP contribution is 2.12. The van der Waals surface area contributed by atoms with Crippen LogP contribution in [-0.2, 0) is 11.3 Å². The number of hydrogen-bond donors (Lipinski definition) is 1. The molecule has 0 aliphatic heterocycles. The first-order chi connectivity index (χ1) is 9.62. The topological polar surface area (TPSA) is 70.1 Å². The van der Waals surface area contributed by atoms with E-state index in [2.05, 4.69) is 13.0 Å². The molecule has 0 bridgehead atoms. The lowest BCUT2D eigenvalue weighted by atomic mass is 10.1. The fraction of sp³-hybridized carbons (Fsp3) is 0.500. The first-order valence-corrected chi connectivity index (χ1v) is 7.10. The fourth-order valence-corrected chi connectivity index (χ4v) is 2.13. The zero-order valence-corrected chi connectivity index (χ0v) is 12.3. The Kier molecular flexibility index (Phi) is 6.75. The first-order valence-electron chi connectivity index (χ1n) is 7.10. The summed E-state index contributed by atoms with van der Waals surface area (Å²) in [7, 11) is 0. The van der Waals surface area contributed by atoms with Gasteiger partial charge in [-0.2, -0.15) is 5.26 Å². The van der Waals surface area contributed by atoms with Crippen LogP contribution in [0.15, 0.2) is 24.3 Å². The summed E-state index contributed by atoms with van der Waals surface area (Å²) in [5.74, 6) is 0.117. The molecular weight excluding hydrogens is 250 g/mol. The largest absolute Gasteiger partial charge is 0.338 e. The molecule has 0 radical (unpaired) electrons. The van der Waals surface area contributed by atoms with E-state index in [1.807, 2.05) is 24.0 Å². The molecule has 0 aliphatic rings. The molecule has 1 rings (SSSR count). The van der Waals surface area contributed by atoms with Crippen molar-refractivity contribution in [2.24, 2.45) is 11.7 Å². The predicted octanol–water partition coefficient (Wildman–Crippen LogP) is 2.28. The van der Waals surface area contributed by atoms with Gasteiger partial charge in [0.25, 0.3) is 0 Å². The molecule has 4 heteroatoms. The number of nitrogens with two attached hydrogens (primary N) is 1. The van der Waals surface area contributed by atoms with Crippen LogP contribution in [0.25, 0.3) is 0 Å². The lowest BCUT2D eigenvalue weighted by Crippen LogP contribution is -2.36. The van der Waals surface area contributed by atoms with Crippen LogP contribution in [0, 0.1) is 17.2 Å². The Morgan fingerprint density at radius 2 is 2.05 bits per heavy atom. The van der Waals surface area contributed by atoms with E-state index in [4.69, 9.17) is 11.0 Å². The molecule has 0 saturated heterocycles. The molecule has 1 aromatic carbocycles. The van der Waals surface area contributed by atoms with Gasteiger partial charge in [0.1, 0.15) is 0 Å². The average molecular weight is 273 g/mol. The van der Waals surface area contributed by atoms with Gasteiger partial charge in [-0.1, -0.05) is 26.0 Å². The Bertz CT molecular complexity index is 462. The summed E-state index contributed by atoms with van der Waals surface area (Å²) in [4.78, 5) is 14.2. The Hall–Kier alpha value is -1.86. The Morgan fingerprint density at radius 3 is 2.55 bits per heavy atom. The molecule has 1 amide bonds. The minimum atomic E-state index is -0.0371. The molecule has 1 aromatic rings. The number of benzene rings is 1. The van der Waals surface area contributed by atoms with Crippen molar-refractivity contribution in [1.29, 1.82) is 5.26 Å². The van der Waals surface area contributed by atoms with Crippen molar-refractivity contribution in [3.05, 3.63) is 35.4 Å². The molecule has 0 fully saturated rings. The third-order valence-corrected chi connectivity index (χ3v) is 3.28. The molecule has 1 unspecified atom stereocenters. The number of nitriles is 1. The van der Waals surface area contributed by atoms with Crippen LogP contribution >= 0.6 is 0 Å².